The molecule has 2 atom stereocenters. The fourth-order valence-electron chi connectivity index (χ4n) is 2.86. The van der Waals surface area contributed by atoms with E-state index in [1.165, 1.54) is 4.90 Å². The van der Waals surface area contributed by atoms with Crippen LogP contribution in [0.5, 0.6) is 0 Å². The molecule has 0 saturated carbocycles. The predicted molar refractivity (Wildman–Crippen MR) is 83.6 cm³/mol. The average Bonchev–Trinajstić information content (AvgIpc) is 2.85. The molecular formula is C15H19NO2S2. The van der Waals surface area contributed by atoms with E-state index >= 15 is 0 Å². The maximum absolute atomic E-state index is 12.8. The van der Waals surface area contributed by atoms with Crippen molar-refractivity contribution >= 4 is 28.5 Å². The van der Waals surface area contributed by atoms with Crippen molar-refractivity contribution in [1.29, 1.82) is 0 Å². The van der Waals surface area contributed by atoms with Crippen LogP contribution in [0.25, 0.3) is 0 Å². The number of carbonyl (C=O) groups excluding carboxylic acids is 1. The van der Waals surface area contributed by atoms with Gasteiger partial charge in [-0.3, -0.25) is 9.00 Å². The summed E-state index contributed by atoms with van der Waals surface area (Å²) in [6.45, 7) is 5.19. The summed E-state index contributed by atoms with van der Waals surface area (Å²) in [4.78, 5) is 15.9. The lowest BCUT2D eigenvalue weighted by molar-refractivity contribution is -0.132. The van der Waals surface area contributed by atoms with E-state index in [-0.39, 0.29) is 16.6 Å². The first kappa shape index (κ1) is 14.1. The van der Waals surface area contributed by atoms with E-state index < -0.39 is 10.8 Å². The molecule has 0 aliphatic carbocycles. The Morgan fingerprint density at radius 2 is 2.15 bits per heavy atom. The normalized spacial score (nSPS) is 28.2. The van der Waals surface area contributed by atoms with E-state index in [1.54, 1.807) is 11.8 Å². The van der Waals surface area contributed by atoms with E-state index in [4.69, 9.17) is 0 Å². The number of benzene rings is 1. The topological polar surface area (TPSA) is 37.4 Å². The van der Waals surface area contributed by atoms with E-state index in [0.29, 0.717) is 18.8 Å². The second-order valence-corrected chi connectivity index (χ2v) is 9.24. The highest BCUT2D eigenvalue weighted by molar-refractivity contribution is 7.99. The smallest absolute Gasteiger partial charge is 0.231 e. The summed E-state index contributed by atoms with van der Waals surface area (Å²) in [5, 5.41) is 0. The van der Waals surface area contributed by atoms with Crippen molar-refractivity contribution in [3.63, 3.8) is 0 Å². The Kier molecular flexibility index (Phi) is 3.67. The minimum Gasteiger partial charge on any atom is -0.340 e. The van der Waals surface area contributed by atoms with Gasteiger partial charge in [0.2, 0.25) is 5.91 Å². The number of hydrogen-bond acceptors (Lipinski definition) is 3. The van der Waals surface area contributed by atoms with Gasteiger partial charge in [0.15, 0.2) is 0 Å². The first-order valence-corrected chi connectivity index (χ1v) is 9.18. The Labute approximate surface area is 126 Å². The molecule has 0 radical (unpaired) electrons. The zero-order chi connectivity index (χ0) is 14.3. The third-order valence-corrected chi connectivity index (χ3v) is 7.14. The zero-order valence-corrected chi connectivity index (χ0v) is 13.4. The molecule has 108 valence electrons. The first-order chi connectivity index (χ1) is 9.49. The van der Waals surface area contributed by atoms with Crippen molar-refractivity contribution in [1.82, 2.24) is 4.90 Å². The van der Waals surface area contributed by atoms with Crippen LogP contribution < -0.4 is 0 Å². The Bertz CT molecular complexity index is 571. The minimum absolute atomic E-state index is 0.0291. The minimum atomic E-state index is -0.834. The first-order valence-electron chi connectivity index (χ1n) is 6.88. The fourth-order valence-corrected chi connectivity index (χ4v) is 5.31. The standard InChI is InChI=1S/C15H19NO2S2/c1-15(2)10-16(7-8-20(15)18)14(17)12-9-19-13-6-4-3-5-11(12)13/h3-6,12H,7-10H2,1-2H3/t12-,20+/m0/s1. The van der Waals surface area contributed by atoms with Gasteiger partial charge < -0.3 is 4.90 Å². The second kappa shape index (κ2) is 5.19. The molecule has 20 heavy (non-hydrogen) atoms. The summed E-state index contributed by atoms with van der Waals surface area (Å²) >= 11 is 1.76. The number of amides is 1. The third kappa shape index (κ3) is 2.42. The molecule has 0 N–H and O–H groups in total. The molecule has 0 spiro atoms. The van der Waals surface area contributed by atoms with Crippen LogP contribution in [-0.4, -0.2) is 44.4 Å². The Morgan fingerprint density at radius 1 is 1.40 bits per heavy atom. The lowest BCUT2D eigenvalue weighted by Gasteiger charge is -2.38. The fraction of sp³-hybridized carbons (Fsp3) is 0.533. The van der Waals surface area contributed by atoms with Crippen LogP contribution in [0.2, 0.25) is 0 Å². The van der Waals surface area contributed by atoms with Gasteiger partial charge in [0.05, 0.1) is 10.7 Å². The number of hydrogen-bond donors (Lipinski definition) is 0. The highest BCUT2D eigenvalue weighted by Crippen LogP contribution is 2.40. The number of thioether (sulfide) groups is 1. The van der Waals surface area contributed by atoms with Crippen LogP contribution in [0.1, 0.15) is 25.3 Å². The zero-order valence-electron chi connectivity index (χ0n) is 11.8. The molecule has 2 heterocycles. The maximum atomic E-state index is 12.8. The molecule has 1 amide bonds. The molecule has 5 heteroatoms. The lowest BCUT2D eigenvalue weighted by Crippen LogP contribution is -2.53. The molecular weight excluding hydrogens is 290 g/mol. The second-order valence-electron chi connectivity index (χ2n) is 5.97. The van der Waals surface area contributed by atoms with Gasteiger partial charge in [-0.1, -0.05) is 18.2 Å². The number of nitrogens with zero attached hydrogens (tertiary/aromatic N) is 1. The van der Waals surface area contributed by atoms with Crippen molar-refractivity contribution in [2.45, 2.75) is 29.4 Å². The third-order valence-electron chi connectivity index (χ3n) is 4.04. The molecule has 3 nitrogen and oxygen atoms in total. The highest BCUT2D eigenvalue weighted by atomic mass is 32.2. The van der Waals surface area contributed by atoms with Crippen molar-refractivity contribution in [3.05, 3.63) is 29.8 Å². The SMILES string of the molecule is CC1(C)CN(C(=O)[C@H]2CSc3ccccc32)CC[S@]1=O. The lowest BCUT2D eigenvalue weighted by atomic mass is 9.99. The summed E-state index contributed by atoms with van der Waals surface area (Å²) in [6, 6.07) is 8.17. The van der Waals surface area contributed by atoms with Crippen molar-refractivity contribution in [3.8, 4) is 0 Å². The van der Waals surface area contributed by atoms with Gasteiger partial charge in [0.1, 0.15) is 0 Å². The monoisotopic (exact) mass is 309 g/mol. The number of carbonyl (C=O) groups is 1. The molecule has 0 bridgehead atoms. The summed E-state index contributed by atoms with van der Waals surface area (Å²) in [5.74, 6) is 1.60. The van der Waals surface area contributed by atoms with Gasteiger partial charge in [-0.25, -0.2) is 0 Å². The van der Waals surface area contributed by atoms with Gasteiger partial charge in [-0.2, -0.15) is 0 Å². The van der Waals surface area contributed by atoms with Crippen molar-refractivity contribution < 1.29 is 9.00 Å². The quantitative estimate of drug-likeness (QED) is 0.798. The molecule has 0 aromatic heterocycles. The maximum Gasteiger partial charge on any atom is 0.231 e. The van der Waals surface area contributed by atoms with Crippen LogP contribution in [-0.2, 0) is 15.6 Å². The van der Waals surface area contributed by atoms with E-state index in [1.807, 2.05) is 30.9 Å². The van der Waals surface area contributed by atoms with Crippen LogP contribution in [0.3, 0.4) is 0 Å². The van der Waals surface area contributed by atoms with Crippen LogP contribution in [0.4, 0.5) is 0 Å². The molecule has 1 aromatic carbocycles. The van der Waals surface area contributed by atoms with Crippen LogP contribution in [0, 0.1) is 0 Å². The van der Waals surface area contributed by atoms with Gasteiger partial charge in [-0.15, -0.1) is 11.8 Å². The average molecular weight is 309 g/mol. The summed E-state index contributed by atoms with van der Waals surface area (Å²) in [5.41, 5.74) is 1.16. The Balaban J connectivity index is 1.79. The molecule has 1 fully saturated rings. The van der Waals surface area contributed by atoms with Gasteiger partial charge in [0, 0.05) is 40.3 Å². The van der Waals surface area contributed by atoms with Crippen LogP contribution in [0.15, 0.2) is 29.2 Å². The molecule has 3 rings (SSSR count). The number of rotatable bonds is 1. The predicted octanol–water partition coefficient (Wildman–Crippen LogP) is 2.25. The molecule has 2 aliphatic rings. The van der Waals surface area contributed by atoms with Gasteiger partial charge in [0.25, 0.3) is 0 Å². The Hall–Kier alpha value is -0.810. The van der Waals surface area contributed by atoms with E-state index in [9.17, 15) is 9.00 Å². The van der Waals surface area contributed by atoms with Gasteiger partial charge >= 0.3 is 0 Å². The molecule has 1 aromatic rings. The van der Waals surface area contributed by atoms with Crippen molar-refractivity contribution in [2.75, 3.05) is 24.6 Å². The molecule has 0 unspecified atom stereocenters. The summed E-state index contributed by atoms with van der Waals surface area (Å²) in [6.07, 6.45) is 0. The van der Waals surface area contributed by atoms with Crippen molar-refractivity contribution in [2.24, 2.45) is 0 Å². The van der Waals surface area contributed by atoms with E-state index in [2.05, 4.69) is 12.1 Å². The highest BCUT2D eigenvalue weighted by Gasteiger charge is 2.39. The Morgan fingerprint density at radius 3 is 2.90 bits per heavy atom. The molecule has 2 aliphatic heterocycles. The summed E-state index contributed by atoms with van der Waals surface area (Å²) < 4.78 is 11.7. The van der Waals surface area contributed by atoms with E-state index in [0.717, 1.165) is 11.3 Å². The molecule has 1 saturated heterocycles. The number of fused-ring (bicyclic) bond motifs is 1. The largest absolute Gasteiger partial charge is 0.340 e. The van der Waals surface area contributed by atoms with Crippen LogP contribution >= 0.6 is 11.8 Å². The summed E-state index contributed by atoms with van der Waals surface area (Å²) in [7, 11) is -0.834. The van der Waals surface area contributed by atoms with Gasteiger partial charge in [-0.05, 0) is 25.5 Å².